The van der Waals surface area contributed by atoms with Crippen LogP contribution in [0.3, 0.4) is 0 Å². The van der Waals surface area contributed by atoms with Crippen molar-refractivity contribution in [2.24, 2.45) is 18.9 Å². The number of hydrogen-bond acceptors (Lipinski definition) is 7. The van der Waals surface area contributed by atoms with Crippen LogP contribution in [-0.2, 0) is 41.2 Å². The second-order valence-electron chi connectivity index (χ2n) is 11.5. The molecule has 0 unspecified atom stereocenters. The quantitative estimate of drug-likeness (QED) is 0.357. The first kappa shape index (κ1) is 28.7. The fourth-order valence-electron chi connectivity index (χ4n) is 5.99. The summed E-state index contributed by atoms with van der Waals surface area (Å²) in [7, 11) is -1.55. The third-order valence-corrected chi connectivity index (χ3v) is 10.8. The second-order valence-corrected chi connectivity index (χ2v) is 14.7. The fraction of sp³-hybridized carbons (Fsp3) is 0.500. The van der Waals surface area contributed by atoms with Crippen LogP contribution in [0.25, 0.3) is 0 Å². The molecule has 214 valence electrons. The summed E-state index contributed by atoms with van der Waals surface area (Å²) in [5.74, 6) is 0.871. The van der Waals surface area contributed by atoms with Crippen LogP contribution < -0.4 is 10.9 Å². The number of aromatic nitrogens is 2. The number of hydrogen-bond donors (Lipinski definition) is 1. The molecular formula is C30H38N4O4S2. The van der Waals surface area contributed by atoms with E-state index in [1.54, 1.807) is 41.9 Å². The number of pyridine rings is 1. The molecule has 0 spiro atoms. The third kappa shape index (κ3) is 6.56. The monoisotopic (exact) mass is 582 g/mol. The van der Waals surface area contributed by atoms with Gasteiger partial charge < -0.3 is 9.88 Å². The molecule has 0 saturated heterocycles. The van der Waals surface area contributed by atoms with Crippen molar-refractivity contribution in [3.8, 4) is 0 Å². The fourth-order valence-corrected chi connectivity index (χ4v) is 8.46. The van der Waals surface area contributed by atoms with Gasteiger partial charge in [0.1, 0.15) is 0 Å². The molecule has 1 aliphatic carbocycles. The van der Waals surface area contributed by atoms with E-state index in [4.69, 9.17) is 4.98 Å². The average Bonchev–Trinajstić information content (AvgIpc) is 3.62. The summed E-state index contributed by atoms with van der Waals surface area (Å²) >= 11 is 1.50. The summed E-state index contributed by atoms with van der Waals surface area (Å²) in [6.07, 6.45) is 7.45. The van der Waals surface area contributed by atoms with E-state index in [0.717, 1.165) is 47.5 Å². The van der Waals surface area contributed by atoms with Crippen LogP contribution >= 0.6 is 11.3 Å². The van der Waals surface area contributed by atoms with E-state index in [1.807, 2.05) is 12.3 Å². The van der Waals surface area contributed by atoms with Gasteiger partial charge in [-0.1, -0.05) is 57.7 Å². The zero-order chi connectivity index (χ0) is 28.4. The van der Waals surface area contributed by atoms with Gasteiger partial charge in [0.25, 0.3) is 0 Å². The Morgan fingerprint density at radius 2 is 1.80 bits per heavy atom. The molecule has 1 atom stereocenters. The number of carbonyl (C=O) groups is 1. The zero-order valence-electron chi connectivity index (χ0n) is 23.4. The number of nitrogens with one attached hydrogen (secondary N) is 1. The van der Waals surface area contributed by atoms with Gasteiger partial charge in [-0.2, -0.15) is 0 Å². The minimum atomic E-state index is -3.31. The number of rotatable bonds is 10. The molecule has 0 radical (unpaired) electrons. The molecule has 3 heterocycles. The largest absolute Gasteiger partial charge is 0.318 e. The maximum Gasteiger partial charge on any atom is 0.250 e. The SMILES string of the molecule is CC(C)[C@H]1c2nc(NC(=O)Cc3ccc(S(=O)(=O)CCC4CCCC4)cc3)sc2CN1Cc1ccc(=O)n(C)c1. The summed E-state index contributed by atoms with van der Waals surface area (Å²) in [5.41, 5.74) is 2.82. The first-order valence-corrected chi connectivity index (χ1v) is 16.6. The molecule has 10 heteroatoms. The summed E-state index contributed by atoms with van der Waals surface area (Å²) < 4.78 is 27.1. The number of fused-ring (bicyclic) bond motifs is 1. The van der Waals surface area contributed by atoms with Crippen LogP contribution in [0.2, 0.25) is 0 Å². The number of aryl methyl sites for hydroxylation is 1. The Morgan fingerprint density at radius 3 is 2.48 bits per heavy atom. The van der Waals surface area contributed by atoms with Gasteiger partial charge in [0, 0.05) is 37.3 Å². The van der Waals surface area contributed by atoms with E-state index in [9.17, 15) is 18.0 Å². The van der Waals surface area contributed by atoms with Crippen molar-refractivity contribution in [1.29, 1.82) is 0 Å². The Labute approximate surface area is 240 Å². The summed E-state index contributed by atoms with van der Waals surface area (Å²) in [4.78, 5) is 33.2. The Hall–Kier alpha value is -2.82. The lowest BCUT2D eigenvalue weighted by Crippen LogP contribution is -2.27. The number of anilines is 1. The standard InChI is InChI=1S/C30H38N4O4S2/c1-20(2)29-28-25(19-34(29)18-23-10-13-27(36)33(3)17-23)39-30(32-28)31-26(35)16-22-8-11-24(12-9-22)40(37,38)15-14-21-6-4-5-7-21/h8-13,17,20-21,29H,4-7,14-16,18-19H2,1-3H3,(H,31,32,35)/t29-/m0/s1. The average molecular weight is 583 g/mol. The number of benzene rings is 1. The number of carbonyl (C=O) groups excluding carboxylic acids is 1. The molecule has 1 fully saturated rings. The van der Waals surface area contributed by atoms with Crippen LogP contribution in [0, 0.1) is 11.8 Å². The molecular weight excluding hydrogens is 544 g/mol. The highest BCUT2D eigenvalue weighted by Crippen LogP contribution is 2.43. The van der Waals surface area contributed by atoms with Gasteiger partial charge in [-0.05, 0) is 41.5 Å². The van der Waals surface area contributed by atoms with E-state index < -0.39 is 9.84 Å². The van der Waals surface area contributed by atoms with Gasteiger partial charge in [0.15, 0.2) is 15.0 Å². The molecule has 2 aromatic heterocycles. The van der Waals surface area contributed by atoms with Crippen molar-refractivity contribution < 1.29 is 13.2 Å². The molecule has 3 aromatic rings. The van der Waals surface area contributed by atoms with Crippen molar-refractivity contribution in [3.63, 3.8) is 0 Å². The highest BCUT2D eigenvalue weighted by Gasteiger charge is 2.36. The Bertz CT molecular complexity index is 1520. The maximum atomic E-state index is 12.8. The van der Waals surface area contributed by atoms with Crippen molar-refractivity contribution in [2.45, 2.75) is 76.4 Å². The molecule has 2 aliphatic rings. The first-order valence-electron chi connectivity index (χ1n) is 14.1. The minimum absolute atomic E-state index is 0.0257. The van der Waals surface area contributed by atoms with E-state index in [1.165, 1.54) is 24.2 Å². The van der Waals surface area contributed by atoms with Gasteiger partial charge in [-0.25, -0.2) is 13.4 Å². The first-order chi connectivity index (χ1) is 19.1. The van der Waals surface area contributed by atoms with Crippen molar-refractivity contribution in [3.05, 3.63) is 74.6 Å². The maximum absolute atomic E-state index is 12.8. The van der Waals surface area contributed by atoms with E-state index in [-0.39, 0.29) is 29.7 Å². The second kappa shape index (κ2) is 12.0. The van der Waals surface area contributed by atoms with E-state index >= 15 is 0 Å². The predicted octanol–water partition coefficient (Wildman–Crippen LogP) is 5.09. The number of sulfone groups is 1. The van der Waals surface area contributed by atoms with Gasteiger partial charge in [-0.3, -0.25) is 14.5 Å². The Balaban J connectivity index is 1.18. The smallest absolute Gasteiger partial charge is 0.250 e. The molecule has 1 saturated carbocycles. The molecule has 8 nitrogen and oxygen atoms in total. The molecule has 5 rings (SSSR count). The number of nitrogens with zero attached hydrogens (tertiary/aromatic N) is 3. The molecule has 1 aromatic carbocycles. The van der Waals surface area contributed by atoms with Crippen LogP contribution in [-0.4, -0.2) is 34.5 Å². The van der Waals surface area contributed by atoms with Crippen molar-refractivity contribution in [2.75, 3.05) is 11.1 Å². The van der Waals surface area contributed by atoms with Crippen LogP contribution in [0.5, 0.6) is 0 Å². The van der Waals surface area contributed by atoms with Gasteiger partial charge in [0.2, 0.25) is 11.5 Å². The van der Waals surface area contributed by atoms with Gasteiger partial charge in [0.05, 0.1) is 28.8 Å². The van der Waals surface area contributed by atoms with E-state index in [2.05, 4.69) is 24.1 Å². The highest BCUT2D eigenvalue weighted by molar-refractivity contribution is 7.91. The Kier molecular flexibility index (Phi) is 8.58. The normalized spacial score (nSPS) is 17.9. The highest BCUT2D eigenvalue weighted by atomic mass is 32.2. The molecule has 1 aliphatic heterocycles. The van der Waals surface area contributed by atoms with Gasteiger partial charge >= 0.3 is 0 Å². The Morgan fingerprint density at radius 1 is 1.10 bits per heavy atom. The molecule has 0 bridgehead atoms. The molecule has 40 heavy (non-hydrogen) atoms. The van der Waals surface area contributed by atoms with Crippen LogP contribution in [0.1, 0.15) is 73.7 Å². The molecule has 1 N–H and O–H groups in total. The minimum Gasteiger partial charge on any atom is -0.318 e. The number of thiazole rings is 1. The van der Waals surface area contributed by atoms with E-state index in [0.29, 0.717) is 28.4 Å². The van der Waals surface area contributed by atoms with Crippen molar-refractivity contribution in [1.82, 2.24) is 14.5 Å². The lowest BCUT2D eigenvalue weighted by Gasteiger charge is -2.27. The van der Waals surface area contributed by atoms with Crippen molar-refractivity contribution >= 4 is 32.2 Å². The zero-order valence-corrected chi connectivity index (χ0v) is 25.1. The lowest BCUT2D eigenvalue weighted by molar-refractivity contribution is -0.115. The van der Waals surface area contributed by atoms with Gasteiger partial charge in [-0.15, -0.1) is 11.3 Å². The molecule has 1 amide bonds. The summed E-state index contributed by atoms with van der Waals surface area (Å²) in [6.45, 7) is 5.80. The lowest BCUT2D eigenvalue weighted by atomic mass is 10.0. The topological polar surface area (TPSA) is 101 Å². The van der Waals surface area contributed by atoms with Crippen LogP contribution in [0.4, 0.5) is 5.13 Å². The summed E-state index contributed by atoms with van der Waals surface area (Å²) in [6, 6.07) is 10.3. The van der Waals surface area contributed by atoms with Crippen LogP contribution in [0.15, 0.2) is 52.3 Å². The third-order valence-electron chi connectivity index (χ3n) is 8.08. The summed E-state index contributed by atoms with van der Waals surface area (Å²) in [5, 5.41) is 3.54. The predicted molar refractivity (Wildman–Crippen MR) is 158 cm³/mol. The number of amides is 1.